The zero-order chi connectivity index (χ0) is 15.2. The molecule has 0 amide bonds. The average molecular weight is 332 g/mol. The smallest absolute Gasteiger partial charge is 0.155 e. The number of benzene rings is 2. The average Bonchev–Trinajstić information content (AvgIpc) is 2.56. The van der Waals surface area contributed by atoms with Crippen LogP contribution in [0.15, 0.2) is 60.7 Å². The molecule has 2 rings (SSSR count). The Morgan fingerprint density at radius 3 is 1.64 bits per heavy atom. The number of unbranched alkanes of at least 4 members (excludes halogenated alkanes) is 2. The van der Waals surface area contributed by atoms with Crippen LogP contribution in [0, 0.1) is 0 Å². The Labute approximate surface area is 143 Å². The summed E-state index contributed by atoms with van der Waals surface area (Å²) in [5.74, 6) is 0. The second-order valence-electron chi connectivity index (χ2n) is 4.71. The molecule has 0 N–H and O–H groups in total. The molecule has 1 nitrogen and oxygen atoms in total. The van der Waals surface area contributed by atoms with E-state index in [9.17, 15) is 4.57 Å². The van der Waals surface area contributed by atoms with Crippen molar-refractivity contribution in [2.75, 3.05) is 6.16 Å². The van der Waals surface area contributed by atoms with Gasteiger partial charge in [0.2, 0.25) is 0 Å². The Balaban J connectivity index is 0.000000478. The minimum atomic E-state index is 0. The molecule has 0 aliphatic rings. The standard InChI is InChI=1S/C14H12.C5H11OP.H2S/c1-3-7-13(8-4-1)11-12-14-9-5-2-6-10-14;1-2-3-4-5-7-6;/h1-12H;2-5H2,1H3;1H2. The number of rotatable bonds is 6. The Morgan fingerprint density at radius 1 is 0.818 bits per heavy atom. The van der Waals surface area contributed by atoms with Gasteiger partial charge in [0.15, 0.2) is 8.46 Å². The second-order valence-corrected chi connectivity index (χ2v) is 5.42. The molecule has 0 unspecified atom stereocenters. The Hall–Kier alpha value is -1.37. The highest BCUT2D eigenvalue weighted by Crippen LogP contribution is 2.07. The molecule has 0 atom stereocenters. The van der Waals surface area contributed by atoms with E-state index >= 15 is 0 Å². The summed E-state index contributed by atoms with van der Waals surface area (Å²) in [4.78, 5) is 0. The fourth-order valence-corrected chi connectivity index (χ4v) is 2.10. The number of hydrogen-bond donors (Lipinski definition) is 0. The molecule has 0 fully saturated rings. The van der Waals surface area contributed by atoms with Crippen molar-refractivity contribution in [2.24, 2.45) is 0 Å². The molecule has 2 aromatic rings. The molecule has 22 heavy (non-hydrogen) atoms. The van der Waals surface area contributed by atoms with Crippen molar-refractivity contribution in [1.82, 2.24) is 0 Å². The van der Waals surface area contributed by atoms with E-state index in [0.717, 1.165) is 12.6 Å². The van der Waals surface area contributed by atoms with Crippen LogP contribution in [0.1, 0.15) is 37.3 Å². The summed E-state index contributed by atoms with van der Waals surface area (Å²) in [6.07, 6.45) is 8.63. The maximum Gasteiger partial charge on any atom is 0.155 e. The third-order valence-corrected chi connectivity index (χ3v) is 3.42. The minimum absolute atomic E-state index is 0. The van der Waals surface area contributed by atoms with Crippen molar-refractivity contribution in [1.29, 1.82) is 0 Å². The molecular weight excluding hydrogens is 307 g/mol. The maximum atomic E-state index is 9.78. The molecule has 0 saturated heterocycles. The SMILES string of the molecule is C(=Cc1ccccc1)c1ccccc1.CCCCCP=O.S. The molecule has 0 radical (unpaired) electrons. The predicted molar refractivity (Wildman–Crippen MR) is 104 cm³/mol. The summed E-state index contributed by atoms with van der Waals surface area (Å²) < 4.78 is 9.78. The molecular formula is C19H25OPS. The topological polar surface area (TPSA) is 17.1 Å². The molecule has 0 bridgehead atoms. The molecule has 0 aromatic heterocycles. The van der Waals surface area contributed by atoms with Gasteiger partial charge in [-0.05, 0) is 17.5 Å². The van der Waals surface area contributed by atoms with Crippen LogP contribution in [0.2, 0.25) is 0 Å². The molecule has 0 aliphatic carbocycles. The fourth-order valence-electron chi connectivity index (χ4n) is 1.75. The van der Waals surface area contributed by atoms with Crippen LogP contribution in [-0.2, 0) is 4.57 Å². The first-order valence-electron chi connectivity index (χ1n) is 7.44. The highest BCUT2D eigenvalue weighted by atomic mass is 32.1. The van der Waals surface area contributed by atoms with Crippen LogP contribution in [0.25, 0.3) is 12.2 Å². The van der Waals surface area contributed by atoms with Crippen LogP contribution in [0.4, 0.5) is 0 Å². The van der Waals surface area contributed by atoms with Gasteiger partial charge in [-0.2, -0.15) is 13.5 Å². The van der Waals surface area contributed by atoms with Gasteiger partial charge in [-0.15, -0.1) is 0 Å². The first kappa shape index (κ1) is 20.6. The van der Waals surface area contributed by atoms with E-state index in [1.807, 2.05) is 36.4 Å². The Morgan fingerprint density at radius 2 is 1.27 bits per heavy atom. The van der Waals surface area contributed by atoms with Gasteiger partial charge in [0, 0.05) is 6.16 Å². The van der Waals surface area contributed by atoms with E-state index in [-0.39, 0.29) is 13.5 Å². The maximum absolute atomic E-state index is 9.78. The summed E-state index contributed by atoms with van der Waals surface area (Å²) in [5, 5.41) is 0. The van der Waals surface area contributed by atoms with Gasteiger partial charge in [0.05, 0.1) is 0 Å². The van der Waals surface area contributed by atoms with Gasteiger partial charge in [-0.1, -0.05) is 92.6 Å². The van der Waals surface area contributed by atoms with Gasteiger partial charge in [-0.3, -0.25) is 4.57 Å². The van der Waals surface area contributed by atoms with Crippen molar-refractivity contribution >= 4 is 34.1 Å². The van der Waals surface area contributed by atoms with Gasteiger partial charge < -0.3 is 0 Å². The highest BCUT2D eigenvalue weighted by molar-refractivity contribution is 7.59. The Bertz CT molecular complexity index is 470. The minimum Gasteiger partial charge on any atom is -0.275 e. The molecule has 0 saturated carbocycles. The zero-order valence-electron chi connectivity index (χ0n) is 13.1. The van der Waals surface area contributed by atoms with Crippen LogP contribution in [0.3, 0.4) is 0 Å². The van der Waals surface area contributed by atoms with E-state index in [4.69, 9.17) is 0 Å². The lowest BCUT2D eigenvalue weighted by Crippen LogP contribution is -1.71. The first-order valence-corrected chi connectivity index (χ1v) is 8.44. The molecule has 3 heteroatoms. The van der Waals surface area contributed by atoms with Crippen molar-refractivity contribution in [3.63, 3.8) is 0 Å². The largest absolute Gasteiger partial charge is 0.275 e. The van der Waals surface area contributed by atoms with Crippen LogP contribution in [0.5, 0.6) is 0 Å². The fraction of sp³-hybridized carbons (Fsp3) is 0.263. The molecule has 0 aliphatic heterocycles. The van der Waals surface area contributed by atoms with Gasteiger partial charge >= 0.3 is 0 Å². The van der Waals surface area contributed by atoms with E-state index in [0.29, 0.717) is 8.46 Å². The summed E-state index contributed by atoms with van der Waals surface area (Å²) in [6.45, 7) is 2.14. The van der Waals surface area contributed by atoms with Crippen molar-refractivity contribution < 1.29 is 4.57 Å². The summed E-state index contributed by atoms with van der Waals surface area (Å²) >= 11 is 0. The third-order valence-electron chi connectivity index (χ3n) is 2.92. The van der Waals surface area contributed by atoms with Crippen molar-refractivity contribution in [2.45, 2.75) is 26.2 Å². The van der Waals surface area contributed by atoms with Gasteiger partial charge in [0.1, 0.15) is 0 Å². The third kappa shape index (κ3) is 10.4. The summed E-state index contributed by atoms with van der Waals surface area (Å²) in [6, 6.07) is 20.6. The van der Waals surface area contributed by atoms with Crippen molar-refractivity contribution in [3.8, 4) is 0 Å². The summed E-state index contributed by atoms with van der Waals surface area (Å²) in [5.41, 5.74) is 2.47. The zero-order valence-corrected chi connectivity index (χ0v) is 15.0. The lowest BCUT2D eigenvalue weighted by Gasteiger charge is -1.92. The highest BCUT2D eigenvalue weighted by Gasteiger charge is 1.84. The van der Waals surface area contributed by atoms with E-state index in [2.05, 4.69) is 43.3 Å². The molecule has 0 spiro atoms. The van der Waals surface area contributed by atoms with E-state index in [1.165, 1.54) is 24.0 Å². The molecule has 2 aromatic carbocycles. The van der Waals surface area contributed by atoms with E-state index < -0.39 is 0 Å². The first-order chi connectivity index (χ1) is 10.4. The van der Waals surface area contributed by atoms with Gasteiger partial charge in [-0.25, -0.2) is 0 Å². The monoisotopic (exact) mass is 332 g/mol. The molecule has 118 valence electrons. The van der Waals surface area contributed by atoms with Gasteiger partial charge in [0.25, 0.3) is 0 Å². The van der Waals surface area contributed by atoms with Crippen LogP contribution >= 0.6 is 22.0 Å². The van der Waals surface area contributed by atoms with E-state index in [1.54, 1.807) is 0 Å². The number of hydrogen-bond acceptors (Lipinski definition) is 1. The Kier molecular flexibility index (Phi) is 13.7. The summed E-state index contributed by atoms with van der Waals surface area (Å²) in [7, 11) is 0.305. The quantitative estimate of drug-likeness (QED) is 0.338. The normalized spacial score (nSPS) is 9.86. The van der Waals surface area contributed by atoms with Crippen molar-refractivity contribution in [3.05, 3.63) is 71.8 Å². The molecule has 0 heterocycles. The lowest BCUT2D eigenvalue weighted by atomic mass is 10.1. The van der Waals surface area contributed by atoms with Crippen LogP contribution < -0.4 is 0 Å². The lowest BCUT2D eigenvalue weighted by molar-refractivity contribution is 0.596. The predicted octanol–water partition coefficient (Wildman–Crippen LogP) is 6.44. The second kappa shape index (κ2) is 14.6. The van der Waals surface area contributed by atoms with Crippen LogP contribution in [-0.4, -0.2) is 6.16 Å².